The van der Waals surface area contributed by atoms with E-state index in [1.54, 1.807) is 13.2 Å². The van der Waals surface area contributed by atoms with E-state index in [9.17, 15) is 14.7 Å². The second-order valence-electron chi connectivity index (χ2n) is 5.92. The maximum absolute atomic E-state index is 12.3. The molecule has 1 aromatic rings. The van der Waals surface area contributed by atoms with Crippen molar-refractivity contribution in [2.45, 2.75) is 31.7 Å². The lowest BCUT2D eigenvalue weighted by Crippen LogP contribution is -2.41. The van der Waals surface area contributed by atoms with Crippen LogP contribution in [-0.2, 0) is 16.0 Å². The van der Waals surface area contributed by atoms with E-state index in [0.717, 1.165) is 29.7 Å². The summed E-state index contributed by atoms with van der Waals surface area (Å²) < 4.78 is 5.29. The smallest absolute Gasteiger partial charge is 0.326 e. The minimum atomic E-state index is -0.964. The molecular weight excluding hydrogens is 282 g/mol. The average Bonchev–Trinajstić information content (AvgIpc) is 3.20. The van der Waals surface area contributed by atoms with Crippen molar-refractivity contribution in [1.82, 2.24) is 5.32 Å². The highest BCUT2D eigenvalue weighted by Gasteiger charge is 2.31. The van der Waals surface area contributed by atoms with Gasteiger partial charge in [-0.2, -0.15) is 0 Å². The molecule has 1 amide bonds. The van der Waals surface area contributed by atoms with Crippen LogP contribution < -0.4 is 10.1 Å². The number of carbonyl (C=O) groups is 2. The largest absolute Gasteiger partial charge is 0.496 e. The highest BCUT2D eigenvalue weighted by atomic mass is 16.5. The van der Waals surface area contributed by atoms with Gasteiger partial charge in [0.05, 0.1) is 7.11 Å². The van der Waals surface area contributed by atoms with Crippen molar-refractivity contribution in [1.29, 1.82) is 0 Å². The number of hydrogen-bond donors (Lipinski definition) is 2. The van der Waals surface area contributed by atoms with Crippen LogP contribution in [0.15, 0.2) is 23.8 Å². The normalized spacial score (nSPS) is 17.4. The summed E-state index contributed by atoms with van der Waals surface area (Å²) in [5, 5.41) is 11.9. The lowest BCUT2D eigenvalue weighted by atomic mass is 10.1. The Labute approximate surface area is 129 Å². The monoisotopic (exact) mass is 301 g/mol. The maximum Gasteiger partial charge on any atom is 0.326 e. The predicted octanol–water partition coefficient (Wildman–Crippen LogP) is 2.00. The number of methoxy groups -OCH3 is 1. The van der Waals surface area contributed by atoms with Crippen LogP contribution in [0, 0.1) is 5.92 Å². The van der Waals surface area contributed by atoms with E-state index in [1.165, 1.54) is 0 Å². The van der Waals surface area contributed by atoms with E-state index < -0.39 is 12.0 Å². The highest BCUT2D eigenvalue weighted by Crippen LogP contribution is 2.34. The van der Waals surface area contributed by atoms with E-state index in [2.05, 4.69) is 5.32 Å². The topological polar surface area (TPSA) is 75.6 Å². The van der Waals surface area contributed by atoms with Gasteiger partial charge in [0.15, 0.2) is 0 Å². The molecule has 0 aliphatic heterocycles. The van der Waals surface area contributed by atoms with Crippen LogP contribution in [0.3, 0.4) is 0 Å². The van der Waals surface area contributed by atoms with Crippen molar-refractivity contribution in [2.75, 3.05) is 7.11 Å². The van der Waals surface area contributed by atoms with Gasteiger partial charge in [-0.3, -0.25) is 4.79 Å². The zero-order valence-corrected chi connectivity index (χ0v) is 12.5. The van der Waals surface area contributed by atoms with Crippen LogP contribution >= 0.6 is 0 Å². The van der Waals surface area contributed by atoms with Gasteiger partial charge in [0.2, 0.25) is 5.91 Å². The molecule has 1 aromatic carbocycles. The summed E-state index contributed by atoms with van der Waals surface area (Å²) in [6.45, 7) is 0. The van der Waals surface area contributed by atoms with Gasteiger partial charge in [-0.1, -0.05) is 25.0 Å². The Balaban J connectivity index is 1.71. The molecule has 116 valence electrons. The minimum absolute atomic E-state index is 0.300. The molecule has 0 bridgehead atoms. The Morgan fingerprint density at radius 1 is 1.41 bits per heavy atom. The molecule has 2 aliphatic rings. The Bertz CT molecular complexity index is 646. The molecule has 1 unspecified atom stereocenters. The number of aliphatic carboxylic acids is 1. The Morgan fingerprint density at radius 3 is 2.82 bits per heavy atom. The summed E-state index contributed by atoms with van der Waals surface area (Å²) in [7, 11) is 1.59. The third-order valence-electron chi connectivity index (χ3n) is 4.24. The molecule has 5 nitrogen and oxygen atoms in total. The number of amides is 1. The SMILES string of the molecule is COc1cccc2c1C=C(C(=O)NC(CC1CC1)C(=O)O)C2. The number of benzene rings is 1. The fourth-order valence-electron chi connectivity index (χ4n) is 2.82. The van der Waals surface area contributed by atoms with Gasteiger partial charge in [0.25, 0.3) is 0 Å². The predicted molar refractivity (Wildman–Crippen MR) is 81.6 cm³/mol. The molecule has 3 rings (SSSR count). The quantitative estimate of drug-likeness (QED) is 0.842. The first-order chi connectivity index (χ1) is 10.6. The van der Waals surface area contributed by atoms with Crippen molar-refractivity contribution >= 4 is 18.0 Å². The summed E-state index contributed by atoms with van der Waals surface area (Å²) in [5.74, 6) is -0.0930. The standard InChI is InChI=1S/C17H19NO4/c1-22-15-4-2-3-11-8-12(9-13(11)15)16(19)18-14(17(20)21)7-10-5-6-10/h2-4,9-10,14H,5-8H2,1H3,(H,18,19)(H,20,21). The number of carbonyl (C=O) groups excluding carboxylic acids is 1. The van der Waals surface area contributed by atoms with Crippen LogP contribution in [-0.4, -0.2) is 30.1 Å². The molecule has 0 radical (unpaired) electrons. The van der Waals surface area contributed by atoms with Gasteiger partial charge in [-0.15, -0.1) is 0 Å². The van der Waals surface area contributed by atoms with Crippen LogP contribution in [0.25, 0.3) is 6.08 Å². The fraction of sp³-hybridized carbons (Fsp3) is 0.412. The summed E-state index contributed by atoms with van der Waals surface area (Å²) in [6, 6.07) is 4.89. The molecule has 1 atom stereocenters. The number of carboxylic acids is 1. The molecule has 0 saturated heterocycles. The molecule has 1 fully saturated rings. The minimum Gasteiger partial charge on any atom is -0.496 e. The second-order valence-corrected chi connectivity index (χ2v) is 5.92. The van der Waals surface area contributed by atoms with Crippen LogP contribution in [0.5, 0.6) is 5.75 Å². The van der Waals surface area contributed by atoms with E-state index in [4.69, 9.17) is 4.74 Å². The number of fused-ring (bicyclic) bond motifs is 1. The van der Waals surface area contributed by atoms with Crippen molar-refractivity contribution < 1.29 is 19.4 Å². The molecular formula is C17H19NO4. The Morgan fingerprint density at radius 2 is 2.18 bits per heavy atom. The molecule has 0 aromatic heterocycles. The Kier molecular flexibility index (Phi) is 3.88. The first-order valence-corrected chi connectivity index (χ1v) is 7.48. The zero-order chi connectivity index (χ0) is 15.7. The van der Waals surface area contributed by atoms with Crippen molar-refractivity contribution in [2.24, 2.45) is 5.92 Å². The lowest BCUT2D eigenvalue weighted by molar-refractivity contribution is -0.141. The van der Waals surface area contributed by atoms with Crippen molar-refractivity contribution in [3.8, 4) is 5.75 Å². The van der Waals surface area contributed by atoms with E-state index in [-0.39, 0.29) is 5.91 Å². The number of rotatable bonds is 6. The van der Waals surface area contributed by atoms with Gasteiger partial charge in [-0.05, 0) is 30.0 Å². The van der Waals surface area contributed by atoms with E-state index >= 15 is 0 Å². The maximum atomic E-state index is 12.3. The first kappa shape index (κ1) is 14.6. The van der Waals surface area contributed by atoms with Gasteiger partial charge in [0.1, 0.15) is 11.8 Å². The summed E-state index contributed by atoms with van der Waals surface area (Å²) in [5.41, 5.74) is 2.52. The van der Waals surface area contributed by atoms with Gasteiger partial charge in [0, 0.05) is 17.6 Å². The number of ether oxygens (including phenoxy) is 1. The number of nitrogens with one attached hydrogen (secondary N) is 1. The number of hydrogen-bond acceptors (Lipinski definition) is 3. The van der Waals surface area contributed by atoms with Gasteiger partial charge < -0.3 is 15.2 Å². The van der Waals surface area contributed by atoms with E-state index in [1.807, 2.05) is 18.2 Å². The first-order valence-electron chi connectivity index (χ1n) is 7.48. The summed E-state index contributed by atoms with van der Waals surface area (Å²) >= 11 is 0. The number of carboxylic acid groups (broad SMARTS) is 1. The van der Waals surface area contributed by atoms with E-state index in [0.29, 0.717) is 24.3 Å². The fourth-order valence-corrected chi connectivity index (χ4v) is 2.82. The van der Waals surface area contributed by atoms with Crippen molar-refractivity contribution in [3.63, 3.8) is 0 Å². The van der Waals surface area contributed by atoms with Crippen LogP contribution in [0.2, 0.25) is 0 Å². The van der Waals surface area contributed by atoms with Gasteiger partial charge in [-0.25, -0.2) is 4.79 Å². The molecule has 22 heavy (non-hydrogen) atoms. The molecule has 1 saturated carbocycles. The molecule has 0 spiro atoms. The molecule has 2 aliphatic carbocycles. The second kappa shape index (κ2) is 5.83. The average molecular weight is 301 g/mol. The molecule has 0 heterocycles. The van der Waals surface area contributed by atoms with Gasteiger partial charge >= 0.3 is 5.97 Å². The highest BCUT2D eigenvalue weighted by molar-refractivity contribution is 6.02. The molecule has 2 N–H and O–H groups in total. The summed E-state index contributed by atoms with van der Waals surface area (Å²) in [6.07, 6.45) is 4.94. The van der Waals surface area contributed by atoms with Crippen LogP contribution in [0.4, 0.5) is 0 Å². The molecule has 5 heteroatoms. The lowest BCUT2D eigenvalue weighted by Gasteiger charge is -2.14. The van der Waals surface area contributed by atoms with Crippen LogP contribution in [0.1, 0.15) is 30.4 Å². The Hall–Kier alpha value is -2.30. The summed E-state index contributed by atoms with van der Waals surface area (Å²) in [4.78, 5) is 23.6. The third kappa shape index (κ3) is 2.98. The zero-order valence-electron chi connectivity index (χ0n) is 12.5. The third-order valence-corrected chi connectivity index (χ3v) is 4.24. The van der Waals surface area contributed by atoms with Crippen molar-refractivity contribution in [3.05, 3.63) is 34.9 Å².